The molecule has 188 valence electrons. The van der Waals surface area contributed by atoms with Gasteiger partial charge in [0.05, 0.1) is 0 Å². The van der Waals surface area contributed by atoms with Gasteiger partial charge < -0.3 is 14.2 Å². The Hall–Kier alpha value is -4.83. The van der Waals surface area contributed by atoms with E-state index in [9.17, 15) is 0 Å². The van der Waals surface area contributed by atoms with E-state index in [0.717, 1.165) is 39.1 Å². The van der Waals surface area contributed by atoms with E-state index >= 15 is 0 Å². The minimum atomic E-state index is 0.386. The lowest BCUT2D eigenvalue weighted by atomic mass is 10.00. The highest BCUT2D eigenvalue weighted by atomic mass is 16.5. The monoisotopic (exact) mass is 499 g/mol. The average molecular weight is 500 g/mol. The summed E-state index contributed by atoms with van der Waals surface area (Å²) in [6, 6.07) is 40.0. The Morgan fingerprint density at radius 2 is 1.11 bits per heavy atom. The fourth-order valence-corrected chi connectivity index (χ4v) is 4.05. The second-order valence-electron chi connectivity index (χ2n) is 8.78. The minimum absolute atomic E-state index is 0.386. The van der Waals surface area contributed by atoms with Gasteiger partial charge in [0.25, 0.3) is 0 Å². The molecule has 0 N–H and O–H groups in total. The van der Waals surface area contributed by atoms with Crippen LogP contribution >= 0.6 is 0 Å². The van der Waals surface area contributed by atoms with Gasteiger partial charge in [-0.05, 0) is 46.0 Å². The first-order valence-corrected chi connectivity index (χ1v) is 12.6. The highest BCUT2D eigenvalue weighted by molar-refractivity contribution is 5.79. The molecule has 4 aromatic carbocycles. The fourth-order valence-electron chi connectivity index (χ4n) is 4.05. The molecule has 0 atom stereocenters. The normalized spacial score (nSPS) is 10.5. The van der Waals surface area contributed by atoms with Crippen molar-refractivity contribution in [2.45, 2.75) is 19.8 Å². The molecule has 1 heterocycles. The smallest absolute Gasteiger partial charge is 0.225 e. The Balaban J connectivity index is 1.44. The minimum Gasteiger partial charge on any atom is -0.489 e. The van der Waals surface area contributed by atoms with Crippen LogP contribution in [-0.4, -0.2) is 4.98 Å². The highest BCUT2D eigenvalue weighted by Gasteiger charge is 2.15. The van der Waals surface area contributed by atoms with Crippen molar-refractivity contribution in [3.63, 3.8) is 0 Å². The summed E-state index contributed by atoms with van der Waals surface area (Å²) in [4.78, 5) is 4.76. The predicted octanol–water partition coefficient (Wildman–Crippen LogP) is 8.13. The predicted molar refractivity (Wildman–Crippen MR) is 152 cm³/mol. The average Bonchev–Trinajstić information content (AvgIpc) is 2.99. The first-order chi connectivity index (χ1) is 18.8. The second kappa shape index (κ2) is 12.4. The van der Waals surface area contributed by atoms with Gasteiger partial charge in [-0.25, -0.2) is 0 Å². The number of benzene rings is 4. The van der Waals surface area contributed by atoms with E-state index in [4.69, 9.17) is 19.2 Å². The zero-order valence-electron chi connectivity index (χ0n) is 21.1. The molecule has 5 aromatic rings. The molecule has 5 rings (SSSR count). The number of pyridine rings is 1. The van der Waals surface area contributed by atoms with Gasteiger partial charge >= 0.3 is 0 Å². The van der Waals surface area contributed by atoms with Gasteiger partial charge in [-0.1, -0.05) is 110 Å². The van der Waals surface area contributed by atoms with Crippen LogP contribution in [0.25, 0.3) is 17.2 Å². The molecule has 0 aliphatic rings. The van der Waals surface area contributed by atoms with Crippen LogP contribution in [0.2, 0.25) is 0 Å². The van der Waals surface area contributed by atoms with Crippen molar-refractivity contribution in [1.82, 2.24) is 4.98 Å². The molecule has 0 saturated carbocycles. The molecule has 4 nitrogen and oxygen atoms in total. The maximum atomic E-state index is 6.27. The molecule has 0 spiro atoms. The zero-order valence-corrected chi connectivity index (χ0v) is 21.1. The molecule has 0 fully saturated rings. The van der Waals surface area contributed by atoms with Gasteiger partial charge in [-0.3, -0.25) is 0 Å². The van der Waals surface area contributed by atoms with Crippen LogP contribution in [0.5, 0.6) is 17.5 Å². The van der Waals surface area contributed by atoms with E-state index < -0.39 is 0 Å². The van der Waals surface area contributed by atoms with Crippen LogP contribution in [-0.2, 0) is 19.8 Å². The van der Waals surface area contributed by atoms with Crippen LogP contribution in [0.4, 0.5) is 0 Å². The van der Waals surface area contributed by atoms with Crippen LogP contribution in [0.3, 0.4) is 0 Å². The molecule has 0 unspecified atom stereocenters. The van der Waals surface area contributed by atoms with Crippen molar-refractivity contribution in [3.05, 3.63) is 150 Å². The molecule has 38 heavy (non-hydrogen) atoms. The molecule has 0 radical (unpaired) electrons. The Kier molecular flexibility index (Phi) is 8.12. The maximum absolute atomic E-state index is 6.27. The van der Waals surface area contributed by atoms with E-state index in [-0.39, 0.29) is 0 Å². The maximum Gasteiger partial charge on any atom is 0.225 e. The van der Waals surface area contributed by atoms with Crippen LogP contribution < -0.4 is 14.2 Å². The summed E-state index contributed by atoms with van der Waals surface area (Å²) in [5, 5.41) is 0. The third-order valence-electron chi connectivity index (χ3n) is 6.07. The van der Waals surface area contributed by atoms with Crippen molar-refractivity contribution in [2.24, 2.45) is 0 Å². The summed E-state index contributed by atoms with van der Waals surface area (Å²) < 4.78 is 18.4. The Morgan fingerprint density at radius 3 is 1.68 bits per heavy atom. The lowest BCUT2D eigenvalue weighted by Gasteiger charge is -2.16. The molecule has 0 bridgehead atoms. The largest absolute Gasteiger partial charge is 0.489 e. The summed E-state index contributed by atoms with van der Waals surface area (Å²) in [5.74, 6) is 1.74. The number of aromatic nitrogens is 1. The van der Waals surface area contributed by atoms with Gasteiger partial charge in [0.2, 0.25) is 11.8 Å². The van der Waals surface area contributed by atoms with Crippen LogP contribution in [0.15, 0.2) is 128 Å². The third-order valence-corrected chi connectivity index (χ3v) is 6.07. The van der Waals surface area contributed by atoms with Crippen LogP contribution in [0, 0.1) is 0 Å². The Morgan fingerprint density at radius 1 is 0.553 bits per heavy atom. The molecular weight excluding hydrogens is 470 g/mol. The number of nitrogens with zero attached hydrogens (tertiary/aromatic N) is 1. The summed E-state index contributed by atoms with van der Waals surface area (Å²) in [5.41, 5.74) is 5.96. The van der Waals surface area contributed by atoms with Gasteiger partial charge in [0.1, 0.15) is 25.6 Å². The molecule has 0 amide bonds. The summed E-state index contributed by atoms with van der Waals surface area (Å²) in [7, 11) is 0. The molecule has 0 saturated heterocycles. The van der Waals surface area contributed by atoms with Crippen molar-refractivity contribution in [1.29, 1.82) is 0 Å². The van der Waals surface area contributed by atoms with E-state index in [2.05, 4.69) is 6.58 Å². The summed E-state index contributed by atoms with van der Waals surface area (Å²) in [6.45, 7) is 5.31. The van der Waals surface area contributed by atoms with E-state index in [0.29, 0.717) is 31.6 Å². The quantitative estimate of drug-likeness (QED) is 0.184. The van der Waals surface area contributed by atoms with Crippen molar-refractivity contribution < 1.29 is 14.2 Å². The van der Waals surface area contributed by atoms with Gasteiger partial charge in [0.15, 0.2) is 0 Å². The molecule has 1 aromatic heterocycles. The SMILES string of the molecule is C=Cc1ccc(OCc2ccccc2)cc1-c1ccc(OCc2ccccc2)nc1OCc1ccccc1. The number of hydrogen-bond acceptors (Lipinski definition) is 4. The van der Waals surface area contributed by atoms with Gasteiger partial charge in [-0.15, -0.1) is 0 Å². The highest BCUT2D eigenvalue weighted by Crippen LogP contribution is 2.36. The lowest BCUT2D eigenvalue weighted by molar-refractivity contribution is 0.268. The van der Waals surface area contributed by atoms with Crippen LogP contribution in [0.1, 0.15) is 22.3 Å². The zero-order chi connectivity index (χ0) is 26.0. The van der Waals surface area contributed by atoms with Gasteiger partial charge in [0, 0.05) is 11.6 Å². The molecular formula is C34H29NO3. The number of rotatable bonds is 11. The second-order valence-corrected chi connectivity index (χ2v) is 8.78. The van der Waals surface area contributed by atoms with E-state index in [1.54, 1.807) is 0 Å². The standard InChI is InChI=1S/C34H29NO3/c1-2-29-18-19-30(36-23-26-12-6-3-7-13-26)22-32(29)31-20-21-33(37-24-27-14-8-4-9-15-27)35-34(31)38-25-28-16-10-5-11-17-28/h2-22H,1,23-25H2. The number of ether oxygens (including phenoxy) is 3. The van der Waals surface area contributed by atoms with Crippen molar-refractivity contribution in [3.8, 4) is 28.6 Å². The fraction of sp³-hybridized carbons (Fsp3) is 0.0882. The Labute approximate surface area is 223 Å². The Bertz CT molecular complexity index is 1470. The summed E-state index contributed by atoms with van der Waals surface area (Å²) >= 11 is 0. The summed E-state index contributed by atoms with van der Waals surface area (Å²) in [6.07, 6.45) is 1.83. The van der Waals surface area contributed by atoms with Crippen molar-refractivity contribution in [2.75, 3.05) is 0 Å². The molecule has 0 aliphatic heterocycles. The van der Waals surface area contributed by atoms with E-state index in [1.165, 1.54) is 0 Å². The van der Waals surface area contributed by atoms with Crippen molar-refractivity contribution >= 4 is 6.08 Å². The molecule has 0 aliphatic carbocycles. The van der Waals surface area contributed by atoms with Gasteiger partial charge in [-0.2, -0.15) is 4.98 Å². The topological polar surface area (TPSA) is 40.6 Å². The van der Waals surface area contributed by atoms with E-state index in [1.807, 2.05) is 127 Å². The third kappa shape index (κ3) is 6.48. The number of hydrogen-bond donors (Lipinski definition) is 0. The first-order valence-electron chi connectivity index (χ1n) is 12.6. The molecule has 4 heteroatoms. The first kappa shape index (κ1) is 24.8. The lowest BCUT2D eigenvalue weighted by Crippen LogP contribution is -2.03.